The number of fused-ring (bicyclic) bond motifs is 1. The Morgan fingerprint density at radius 2 is 2.37 bits per heavy atom. The van der Waals surface area contributed by atoms with Gasteiger partial charge in [-0.2, -0.15) is 0 Å². The minimum absolute atomic E-state index is 0.0371. The molecule has 0 saturated carbocycles. The fourth-order valence-corrected chi connectivity index (χ4v) is 2.11. The third-order valence-corrected chi connectivity index (χ3v) is 2.92. The molecule has 1 aliphatic heterocycles. The van der Waals surface area contributed by atoms with E-state index in [1.54, 1.807) is 6.07 Å². The molecule has 2 rings (SSSR count). The normalized spacial score (nSPS) is 17.6. The van der Waals surface area contributed by atoms with Crippen LogP contribution >= 0.6 is 0 Å². The molecule has 0 aromatic heterocycles. The predicted octanol–water partition coefficient (Wildman–Crippen LogP) is 1.81. The maximum atomic E-state index is 11.7. The molecule has 2 N–H and O–H groups in total. The van der Waals surface area contributed by atoms with Crippen LogP contribution < -0.4 is 15.4 Å². The predicted molar refractivity (Wildman–Crippen MR) is 74.4 cm³/mol. The second-order valence-corrected chi connectivity index (χ2v) is 4.76. The number of benzene rings is 1. The Kier molecular flexibility index (Phi) is 4.14. The number of hydrogen-bond acceptors (Lipinski definition) is 5. The summed E-state index contributed by atoms with van der Waals surface area (Å²) in [5.74, 6) is 0.542. The molecule has 104 valence electrons. The molecule has 1 aliphatic rings. The lowest BCUT2D eigenvalue weighted by Gasteiger charge is -2.34. The molecule has 1 heterocycles. The van der Waals surface area contributed by atoms with E-state index < -0.39 is 0 Å². The third-order valence-electron chi connectivity index (χ3n) is 2.92. The van der Waals surface area contributed by atoms with Gasteiger partial charge in [-0.05, 0) is 31.5 Å². The van der Waals surface area contributed by atoms with Crippen molar-refractivity contribution in [2.24, 2.45) is 0 Å². The molecule has 0 saturated heterocycles. The average Bonchev–Trinajstić information content (AvgIpc) is 2.37. The minimum atomic E-state index is -0.218. The number of ether oxygens (including phenoxy) is 2. The lowest BCUT2D eigenvalue weighted by Crippen LogP contribution is -2.41. The molecule has 19 heavy (non-hydrogen) atoms. The van der Waals surface area contributed by atoms with Crippen LogP contribution in [0.5, 0.6) is 5.75 Å². The first kappa shape index (κ1) is 13.5. The maximum Gasteiger partial charge on any atom is 0.325 e. The molecule has 0 fully saturated rings. The van der Waals surface area contributed by atoms with Gasteiger partial charge in [-0.25, -0.2) is 0 Å². The highest BCUT2D eigenvalue weighted by Crippen LogP contribution is 2.34. The SMILES string of the molecule is CCCOC(=O)CN1CC(C)Oc2ccc(N)cc21. The van der Waals surface area contributed by atoms with E-state index in [9.17, 15) is 4.79 Å². The van der Waals surface area contributed by atoms with Crippen LogP contribution in [0, 0.1) is 0 Å². The van der Waals surface area contributed by atoms with Gasteiger partial charge in [0.1, 0.15) is 18.4 Å². The summed E-state index contributed by atoms with van der Waals surface area (Å²) < 4.78 is 10.9. The van der Waals surface area contributed by atoms with Gasteiger partial charge < -0.3 is 20.1 Å². The van der Waals surface area contributed by atoms with Crippen molar-refractivity contribution in [2.45, 2.75) is 26.4 Å². The average molecular weight is 264 g/mol. The van der Waals surface area contributed by atoms with E-state index in [1.807, 2.05) is 30.9 Å². The topological polar surface area (TPSA) is 64.8 Å². The Morgan fingerprint density at radius 1 is 1.58 bits per heavy atom. The lowest BCUT2D eigenvalue weighted by molar-refractivity contribution is -0.142. The summed E-state index contributed by atoms with van der Waals surface area (Å²) in [5.41, 5.74) is 7.30. The summed E-state index contributed by atoms with van der Waals surface area (Å²) in [6, 6.07) is 5.46. The minimum Gasteiger partial charge on any atom is -0.487 e. The van der Waals surface area contributed by atoms with Crippen molar-refractivity contribution in [3.63, 3.8) is 0 Å². The van der Waals surface area contributed by atoms with E-state index in [4.69, 9.17) is 15.2 Å². The zero-order valence-corrected chi connectivity index (χ0v) is 11.4. The largest absolute Gasteiger partial charge is 0.487 e. The smallest absolute Gasteiger partial charge is 0.325 e. The van der Waals surface area contributed by atoms with Gasteiger partial charge in [0, 0.05) is 5.69 Å². The van der Waals surface area contributed by atoms with Crippen LogP contribution in [0.25, 0.3) is 0 Å². The number of carbonyl (C=O) groups is 1. The number of nitrogens with two attached hydrogens (primary N) is 1. The molecule has 1 aromatic rings. The van der Waals surface area contributed by atoms with Gasteiger partial charge in [0.15, 0.2) is 0 Å². The second-order valence-electron chi connectivity index (χ2n) is 4.76. The first-order chi connectivity index (χ1) is 9.10. The third kappa shape index (κ3) is 3.30. The molecule has 1 atom stereocenters. The van der Waals surface area contributed by atoms with Crippen LogP contribution in [-0.4, -0.2) is 31.8 Å². The van der Waals surface area contributed by atoms with Gasteiger partial charge in [-0.15, -0.1) is 0 Å². The number of nitrogen functional groups attached to an aromatic ring is 1. The van der Waals surface area contributed by atoms with Gasteiger partial charge in [-0.3, -0.25) is 4.79 Å². The van der Waals surface area contributed by atoms with Crippen molar-refractivity contribution in [1.29, 1.82) is 0 Å². The Bertz CT molecular complexity index is 462. The Balaban J connectivity index is 2.13. The van der Waals surface area contributed by atoms with E-state index in [-0.39, 0.29) is 18.6 Å². The first-order valence-electron chi connectivity index (χ1n) is 6.57. The summed E-state index contributed by atoms with van der Waals surface area (Å²) in [4.78, 5) is 13.7. The molecule has 5 nitrogen and oxygen atoms in total. The van der Waals surface area contributed by atoms with E-state index in [2.05, 4.69) is 0 Å². The van der Waals surface area contributed by atoms with Gasteiger partial charge in [0.2, 0.25) is 0 Å². The van der Waals surface area contributed by atoms with Gasteiger partial charge in [0.25, 0.3) is 0 Å². The van der Waals surface area contributed by atoms with Crippen molar-refractivity contribution in [3.8, 4) is 5.75 Å². The van der Waals surface area contributed by atoms with E-state index >= 15 is 0 Å². The van der Waals surface area contributed by atoms with Crippen LogP contribution in [0.3, 0.4) is 0 Å². The number of anilines is 2. The lowest BCUT2D eigenvalue weighted by atomic mass is 10.2. The monoisotopic (exact) mass is 264 g/mol. The van der Waals surface area contributed by atoms with Crippen LogP contribution in [-0.2, 0) is 9.53 Å². The first-order valence-corrected chi connectivity index (χ1v) is 6.57. The van der Waals surface area contributed by atoms with Crippen LogP contribution in [0.15, 0.2) is 18.2 Å². The molecule has 0 amide bonds. The highest BCUT2D eigenvalue weighted by Gasteiger charge is 2.25. The summed E-state index contributed by atoms with van der Waals surface area (Å²) in [5, 5.41) is 0. The molecule has 5 heteroatoms. The number of esters is 1. The molecule has 0 spiro atoms. The summed E-state index contributed by atoms with van der Waals surface area (Å²) in [7, 11) is 0. The van der Waals surface area contributed by atoms with E-state index in [0.29, 0.717) is 18.8 Å². The van der Waals surface area contributed by atoms with Crippen molar-refractivity contribution in [2.75, 3.05) is 30.3 Å². The van der Waals surface area contributed by atoms with Crippen LogP contribution in [0.2, 0.25) is 0 Å². The second kappa shape index (κ2) is 5.82. The quantitative estimate of drug-likeness (QED) is 0.663. The number of rotatable bonds is 4. The highest BCUT2D eigenvalue weighted by molar-refractivity contribution is 5.78. The fourth-order valence-electron chi connectivity index (χ4n) is 2.11. The zero-order valence-electron chi connectivity index (χ0n) is 11.4. The highest BCUT2D eigenvalue weighted by atomic mass is 16.5. The number of carbonyl (C=O) groups excluding carboxylic acids is 1. The van der Waals surface area contributed by atoms with Gasteiger partial charge in [-0.1, -0.05) is 6.92 Å². The maximum absolute atomic E-state index is 11.7. The van der Waals surface area contributed by atoms with Crippen LogP contribution in [0.4, 0.5) is 11.4 Å². The standard InChI is InChI=1S/C14H20N2O3/c1-3-6-18-14(17)9-16-8-10(2)19-13-5-4-11(15)7-12(13)16/h4-5,7,10H,3,6,8-9,15H2,1-2H3. The molecular formula is C14H20N2O3. The molecule has 1 unspecified atom stereocenters. The molecular weight excluding hydrogens is 244 g/mol. The molecule has 0 bridgehead atoms. The van der Waals surface area contributed by atoms with Crippen molar-refractivity contribution in [3.05, 3.63) is 18.2 Å². The number of nitrogens with zero attached hydrogens (tertiary/aromatic N) is 1. The molecule has 0 radical (unpaired) electrons. The fraction of sp³-hybridized carbons (Fsp3) is 0.500. The van der Waals surface area contributed by atoms with Crippen LogP contribution in [0.1, 0.15) is 20.3 Å². The summed E-state index contributed by atoms with van der Waals surface area (Å²) in [6.45, 7) is 5.29. The summed E-state index contributed by atoms with van der Waals surface area (Å²) >= 11 is 0. The Morgan fingerprint density at radius 3 is 3.11 bits per heavy atom. The Hall–Kier alpha value is -1.91. The molecule has 0 aliphatic carbocycles. The van der Waals surface area contributed by atoms with E-state index in [1.165, 1.54) is 0 Å². The van der Waals surface area contributed by atoms with Crippen molar-refractivity contribution < 1.29 is 14.3 Å². The van der Waals surface area contributed by atoms with Gasteiger partial charge >= 0.3 is 5.97 Å². The Labute approximate surface area is 113 Å². The van der Waals surface area contributed by atoms with E-state index in [0.717, 1.165) is 17.9 Å². The molecule has 1 aromatic carbocycles. The zero-order chi connectivity index (χ0) is 13.8. The summed E-state index contributed by atoms with van der Waals surface area (Å²) in [6.07, 6.45) is 0.865. The number of hydrogen-bond donors (Lipinski definition) is 1. The van der Waals surface area contributed by atoms with Crippen molar-refractivity contribution >= 4 is 17.3 Å². The van der Waals surface area contributed by atoms with Crippen molar-refractivity contribution in [1.82, 2.24) is 0 Å². The van der Waals surface area contributed by atoms with Gasteiger partial charge in [0.05, 0.1) is 18.8 Å².